The molecule has 0 radical (unpaired) electrons. The maximum Gasteiger partial charge on any atom is 0.239 e. The fraction of sp³-hybridized carbons (Fsp3) is 0.364. The number of ether oxygens (including phenoxy) is 1. The smallest absolute Gasteiger partial charge is 0.239 e. The molecule has 0 bridgehead atoms. The Morgan fingerprint density at radius 3 is 2.04 bits per heavy atom. The summed E-state index contributed by atoms with van der Waals surface area (Å²) in [4.78, 5) is 25.7. The molecule has 0 saturated heterocycles. The molecule has 5 heteroatoms. The summed E-state index contributed by atoms with van der Waals surface area (Å²) in [5.41, 5.74) is 1.05. The van der Waals surface area contributed by atoms with Crippen LogP contribution in [0.5, 0.6) is 5.75 Å². The number of rotatable bonds is 7. The van der Waals surface area contributed by atoms with Crippen LogP contribution >= 0.6 is 0 Å². The molecule has 0 fully saturated rings. The highest BCUT2D eigenvalue weighted by molar-refractivity contribution is 6.14. The van der Waals surface area contributed by atoms with Gasteiger partial charge in [-0.15, -0.1) is 0 Å². The summed E-state index contributed by atoms with van der Waals surface area (Å²) in [5, 5.41) is 5.72. The quantitative estimate of drug-likeness (QED) is 0.689. The summed E-state index contributed by atoms with van der Waals surface area (Å²) < 4.78 is 5.53. The van der Waals surface area contributed by atoms with E-state index in [1.807, 2.05) is 43.3 Å². The maximum atomic E-state index is 12.8. The summed E-state index contributed by atoms with van der Waals surface area (Å²) in [6.07, 6.45) is 0. The van der Waals surface area contributed by atoms with Crippen molar-refractivity contribution in [3.8, 4) is 5.75 Å². The van der Waals surface area contributed by atoms with Crippen LogP contribution < -0.4 is 15.4 Å². The number of anilines is 2. The Morgan fingerprint density at radius 2 is 1.44 bits per heavy atom. The SMILES string of the molecule is CCOc1ccccc1NC(=O)C(C)(C)C(=O)Nc1ccccc1C(C)C. The zero-order valence-corrected chi connectivity index (χ0v) is 16.6. The monoisotopic (exact) mass is 368 g/mol. The van der Waals surface area contributed by atoms with Crippen molar-refractivity contribution >= 4 is 23.2 Å². The fourth-order valence-corrected chi connectivity index (χ4v) is 2.63. The van der Waals surface area contributed by atoms with E-state index in [2.05, 4.69) is 24.5 Å². The Hall–Kier alpha value is -2.82. The van der Waals surface area contributed by atoms with E-state index < -0.39 is 11.3 Å². The van der Waals surface area contributed by atoms with E-state index in [0.29, 0.717) is 18.0 Å². The minimum atomic E-state index is -1.26. The molecule has 2 aromatic carbocycles. The summed E-state index contributed by atoms with van der Waals surface area (Å²) in [6, 6.07) is 14.8. The molecule has 2 aromatic rings. The summed E-state index contributed by atoms with van der Waals surface area (Å²) >= 11 is 0. The van der Waals surface area contributed by atoms with Crippen molar-refractivity contribution < 1.29 is 14.3 Å². The number of carbonyl (C=O) groups is 2. The van der Waals surface area contributed by atoms with Crippen molar-refractivity contribution in [1.29, 1.82) is 0 Å². The van der Waals surface area contributed by atoms with E-state index in [1.165, 1.54) is 0 Å². The predicted molar refractivity (Wildman–Crippen MR) is 109 cm³/mol. The van der Waals surface area contributed by atoms with Gasteiger partial charge in [-0.05, 0) is 50.5 Å². The minimum Gasteiger partial charge on any atom is -0.492 e. The van der Waals surface area contributed by atoms with Crippen LogP contribution in [0.3, 0.4) is 0 Å². The molecular formula is C22H28N2O3. The first-order valence-electron chi connectivity index (χ1n) is 9.21. The van der Waals surface area contributed by atoms with Gasteiger partial charge in [0.25, 0.3) is 0 Å². The van der Waals surface area contributed by atoms with Crippen molar-refractivity contribution in [2.75, 3.05) is 17.2 Å². The van der Waals surface area contributed by atoms with Crippen LogP contribution in [0.1, 0.15) is 46.1 Å². The Labute approximate surface area is 161 Å². The third-order valence-electron chi connectivity index (χ3n) is 4.40. The molecule has 0 saturated carbocycles. The first-order valence-corrected chi connectivity index (χ1v) is 9.21. The van der Waals surface area contributed by atoms with E-state index in [0.717, 1.165) is 11.3 Å². The number of amides is 2. The Balaban J connectivity index is 2.18. The molecule has 27 heavy (non-hydrogen) atoms. The molecule has 0 heterocycles. The average molecular weight is 368 g/mol. The molecule has 0 spiro atoms. The molecule has 0 aliphatic carbocycles. The number of hydrogen-bond acceptors (Lipinski definition) is 3. The topological polar surface area (TPSA) is 67.4 Å². The second-order valence-electron chi connectivity index (χ2n) is 7.20. The third-order valence-corrected chi connectivity index (χ3v) is 4.40. The summed E-state index contributed by atoms with van der Waals surface area (Å²) in [7, 11) is 0. The molecule has 0 unspecified atom stereocenters. The van der Waals surface area contributed by atoms with Crippen LogP contribution in [0.2, 0.25) is 0 Å². The molecule has 2 amide bonds. The van der Waals surface area contributed by atoms with Gasteiger partial charge in [0.15, 0.2) is 0 Å². The van der Waals surface area contributed by atoms with Crippen LogP contribution in [0.25, 0.3) is 0 Å². The number of para-hydroxylation sites is 3. The van der Waals surface area contributed by atoms with Gasteiger partial charge in [0.1, 0.15) is 11.2 Å². The Morgan fingerprint density at radius 1 is 0.926 bits per heavy atom. The van der Waals surface area contributed by atoms with Crippen molar-refractivity contribution in [3.63, 3.8) is 0 Å². The molecule has 5 nitrogen and oxygen atoms in total. The lowest BCUT2D eigenvalue weighted by Gasteiger charge is -2.24. The van der Waals surface area contributed by atoms with Crippen LogP contribution in [-0.4, -0.2) is 18.4 Å². The molecule has 0 aliphatic rings. The Bertz CT molecular complexity index is 813. The van der Waals surface area contributed by atoms with E-state index in [4.69, 9.17) is 4.74 Å². The van der Waals surface area contributed by atoms with Crippen LogP contribution in [-0.2, 0) is 9.59 Å². The van der Waals surface area contributed by atoms with E-state index >= 15 is 0 Å². The van der Waals surface area contributed by atoms with E-state index in [1.54, 1.807) is 26.0 Å². The average Bonchev–Trinajstić information content (AvgIpc) is 2.63. The zero-order valence-electron chi connectivity index (χ0n) is 16.6. The molecule has 144 valence electrons. The van der Waals surface area contributed by atoms with Crippen molar-refractivity contribution in [2.45, 2.75) is 40.5 Å². The summed E-state index contributed by atoms with van der Waals surface area (Å²) in [5.74, 6) is 0.0855. The van der Waals surface area contributed by atoms with E-state index in [9.17, 15) is 9.59 Å². The highest BCUT2D eigenvalue weighted by atomic mass is 16.5. The standard InChI is InChI=1S/C22H28N2O3/c1-6-27-19-14-10-9-13-18(19)24-21(26)22(4,5)20(25)23-17-12-8-7-11-16(17)15(2)3/h7-15H,6H2,1-5H3,(H,23,25)(H,24,26). The predicted octanol–water partition coefficient (Wildman–Crippen LogP) is 4.81. The second-order valence-corrected chi connectivity index (χ2v) is 7.20. The largest absolute Gasteiger partial charge is 0.492 e. The lowest BCUT2D eigenvalue weighted by molar-refractivity contribution is -0.135. The fourth-order valence-electron chi connectivity index (χ4n) is 2.63. The number of benzene rings is 2. The van der Waals surface area contributed by atoms with E-state index in [-0.39, 0.29) is 11.8 Å². The van der Waals surface area contributed by atoms with Crippen LogP contribution in [0.4, 0.5) is 11.4 Å². The van der Waals surface area contributed by atoms with Crippen LogP contribution in [0.15, 0.2) is 48.5 Å². The van der Waals surface area contributed by atoms with Gasteiger partial charge in [-0.2, -0.15) is 0 Å². The van der Waals surface area contributed by atoms with Gasteiger partial charge in [0.05, 0.1) is 12.3 Å². The molecule has 2 N–H and O–H groups in total. The highest BCUT2D eigenvalue weighted by Crippen LogP contribution is 2.29. The first-order chi connectivity index (χ1) is 12.8. The lowest BCUT2D eigenvalue weighted by Crippen LogP contribution is -2.41. The third kappa shape index (κ3) is 4.88. The highest BCUT2D eigenvalue weighted by Gasteiger charge is 2.36. The maximum absolute atomic E-state index is 12.8. The van der Waals surface area contributed by atoms with Gasteiger partial charge < -0.3 is 15.4 Å². The minimum absolute atomic E-state index is 0.261. The van der Waals surface area contributed by atoms with Gasteiger partial charge in [0, 0.05) is 5.69 Å². The van der Waals surface area contributed by atoms with Crippen molar-refractivity contribution in [3.05, 3.63) is 54.1 Å². The molecular weight excluding hydrogens is 340 g/mol. The number of carbonyl (C=O) groups excluding carboxylic acids is 2. The Kier molecular flexibility index (Phi) is 6.61. The number of hydrogen-bond donors (Lipinski definition) is 2. The van der Waals surface area contributed by atoms with Gasteiger partial charge in [-0.1, -0.05) is 44.2 Å². The normalized spacial score (nSPS) is 11.2. The van der Waals surface area contributed by atoms with Crippen molar-refractivity contribution in [1.82, 2.24) is 0 Å². The molecule has 2 rings (SSSR count). The summed E-state index contributed by atoms with van der Waals surface area (Å²) in [6.45, 7) is 9.71. The van der Waals surface area contributed by atoms with Gasteiger partial charge in [-0.3, -0.25) is 9.59 Å². The molecule has 0 atom stereocenters. The molecule has 0 aromatic heterocycles. The first kappa shape index (κ1) is 20.5. The van der Waals surface area contributed by atoms with Crippen molar-refractivity contribution in [2.24, 2.45) is 5.41 Å². The van der Waals surface area contributed by atoms with Crippen LogP contribution in [0, 0.1) is 5.41 Å². The second kappa shape index (κ2) is 8.71. The zero-order chi connectivity index (χ0) is 20.0. The lowest BCUT2D eigenvalue weighted by atomic mass is 9.90. The number of nitrogens with one attached hydrogen (secondary N) is 2. The van der Waals surface area contributed by atoms with Gasteiger partial charge in [0.2, 0.25) is 11.8 Å². The van der Waals surface area contributed by atoms with Gasteiger partial charge >= 0.3 is 0 Å². The molecule has 0 aliphatic heterocycles. The van der Waals surface area contributed by atoms with Gasteiger partial charge in [-0.25, -0.2) is 0 Å².